The quantitative estimate of drug-likeness (QED) is 0.278. The SMILES string of the molecule is CCCCOC(=O)c1nc(Cl)c2cc(OC3=COC(Cc4ccccc4)O3)ccc2c1O. The van der Waals surface area contributed by atoms with Crippen molar-refractivity contribution >= 4 is 28.3 Å². The number of esters is 1. The maximum absolute atomic E-state index is 12.2. The van der Waals surface area contributed by atoms with Crippen molar-refractivity contribution in [3.8, 4) is 11.5 Å². The molecule has 1 aliphatic rings. The Balaban J connectivity index is 1.46. The molecule has 7 nitrogen and oxygen atoms in total. The number of ether oxygens (including phenoxy) is 4. The first-order valence-electron chi connectivity index (χ1n) is 10.3. The molecular weight excluding hydrogens is 434 g/mol. The summed E-state index contributed by atoms with van der Waals surface area (Å²) >= 11 is 6.29. The summed E-state index contributed by atoms with van der Waals surface area (Å²) in [6.07, 6.45) is 3.10. The largest absolute Gasteiger partial charge is 0.505 e. The van der Waals surface area contributed by atoms with Gasteiger partial charge in [-0.05, 0) is 30.2 Å². The number of unbranched alkanes of at least 4 members (excludes halogenated alkanes) is 1. The molecule has 8 heteroatoms. The van der Waals surface area contributed by atoms with E-state index in [1.807, 2.05) is 37.3 Å². The van der Waals surface area contributed by atoms with Crippen molar-refractivity contribution in [3.05, 3.63) is 77.1 Å². The van der Waals surface area contributed by atoms with Gasteiger partial charge in [0.1, 0.15) is 10.9 Å². The number of hydrogen-bond donors (Lipinski definition) is 1. The number of fused-ring (bicyclic) bond motifs is 1. The van der Waals surface area contributed by atoms with Crippen molar-refractivity contribution in [3.63, 3.8) is 0 Å². The minimum Gasteiger partial charge on any atom is -0.505 e. The van der Waals surface area contributed by atoms with Gasteiger partial charge in [-0.2, -0.15) is 0 Å². The molecule has 1 unspecified atom stereocenters. The van der Waals surface area contributed by atoms with Gasteiger partial charge >= 0.3 is 11.9 Å². The number of rotatable bonds is 8. The standard InChI is InChI=1S/C24H22ClNO6/c1-2-3-11-29-24(28)21-22(27)17-10-9-16(13-18(17)23(25)26-21)31-20-14-30-19(32-20)12-15-7-5-4-6-8-15/h4-10,13-14,19,27H,2-3,11-12H2,1H3. The molecule has 166 valence electrons. The molecule has 0 spiro atoms. The van der Waals surface area contributed by atoms with Crippen LogP contribution in [0.4, 0.5) is 0 Å². The summed E-state index contributed by atoms with van der Waals surface area (Å²) in [5.74, 6) is -0.393. The Morgan fingerprint density at radius 2 is 2.00 bits per heavy atom. The lowest BCUT2D eigenvalue weighted by molar-refractivity contribution is -0.0519. The minimum absolute atomic E-state index is 0.0465. The van der Waals surface area contributed by atoms with Crippen LogP contribution in [0.3, 0.4) is 0 Å². The maximum Gasteiger partial charge on any atom is 0.360 e. The molecule has 32 heavy (non-hydrogen) atoms. The fourth-order valence-corrected chi connectivity index (χ4v) is 3.44. The molecule has 0 saturated heterocycles. The zero-order chi connectivity index (χ0) is 22.5. The molecule has 0 radical (unpaired) electrons. The lowest BCUT2D eigenvalue weighted by atomic mass is 10.1. The highest BCUT2D eigenvalue weighted by molar-refractivity contribution is 6.35. The molecule has 1 atom stereocenters. The van der Waals surface area contributed by atoms with Gasteiger partial charge in [0.2, 0.25) is 6.29 Å². The molecule has 1 aliphatic heterocycles. The first kappa shape index (κ1) is 21.8. The Kier molecular flexibility index (Phi) is 6.66. The molecule has 0 saturated carbocycles. The lowest BCUT2D eigenvalue weighted by Gasteiger charge is -2.13. The van der Waals surface area contributed by atoms with E-state index in [-0.39, 0.29) is 29.1 Å². The zero-order valence-electron chi connectivity index (χ0n) is 17.4. The first-order valence-corrected chi connectivity index (χ1v) is 10.7. The average molecular weight is 456 g/mol. The van der Waals surface area contributed by atoms with E-state index in [9.17, 15) is 9.90 Å². The Bertz CT molecular complexity index is 1150. The van der Waals surface area contributed by atoms with Gasteiger partial charge < -0.3 is 24.1 Å². The molecule has 0 aliphatic carbocycles. The van der Waals surface area contributed by atoms with Gasteiger partial charge in [-0.1, -0.05) is 55.3 Å². The monoisotopic (exact) mass is 455 g/mol. The highest BCUT2D eigenvalue weighted by Gasteiger charge is 2.23. The van der Waals surface area contributed by atoms with Crippen LogP contribution in [0.25, 0.3) is 10.8 Å². The predicted octanol–water partition coefficient (Wildman–Crippen LogP) is 5.34. The summed E-state index contributed by atoms with van der Waals surface area (Å²) in [5, 5.41) is 11.4. The normalized spacial score (nSPS) is 15.1. The van der Waals surface area contributed by atoms with Crippen molar-refractivity contribution in [2.24, 2.45) is 0 Å². The topological polar surface area (TPSA) is 87.1 Å². The van der Waals surface area contributed by atoms with E-state index in [1.165, 1.54) is 6.26 Å². The van der Waals surface area contributed by atoms with Gasteiger partial charge in [0.15, 0.2) is 17.7 Å². The molecule has 0 amide bonds. The van der Waals surface area contributed by atoms with Gasteiger partial charge in [-0.3, -0.25) is 0 Å². The second kappa shape index (κ2) is 9.78. The van der Waals surface area contributed by atoms with Crippen molar-refractivity contribution in [1.82, 2.24) is 4.98 Å². The minimum atomic E-state index is -0.716. The summed E-state index contributed by atoms with van der Waals surface area (Å²) in [5.41, 5.74) is 0.862. The number of aromatic nitrogens is 1. The Hall–Kier alpha value is -3.45. The Morgan fingerprint density at radius 3 is 2.78 bits per heavy atom. The number of hydrogen-bond acceptors (Lipinski definition) is 7. The molecule has 2 heterocycles. The number of pyridine rings is 1. The van der Waals surface area contributed by atoms with Crippen molar-refractivity contribution in [2.45, 2.75) is 32.5 Å². The van der Waals surface area contributed by atoms with Gasteiger partial charge in [0.05, 0.1) is 6.61 Å². The second-order valence-corrected chi connectivity index (χ2v) is 7.57. The van der Waals surface area contributed by atoms with Crippen LogP contribution in [0, 0.1) is 0 Å². The molecule has 0 bridgehead atoms. The van der Waals surface area contributed by atoms with Crippen LogP contribution in [-0.2, 0) is 20.6 Å². The summed E-state index contributed by atoms with van der Waals surface area (Å²) < 4.78 is 22.1. The van der Waals surface area contributed by atoms with E-state index in [1.54, 1.807) is 18.2 Å². The van der Waals surface area contributed by atoms with Gasteiger partial charge in [0.25, 0.3) is 0 Å². The molecule has 4 rings (SSSR count). The van der Waals surface area contributed by atoms with Crippen LogP contribution < -0.4 is 4.74 Å². The number of benzene rings is 2. The summed E-state index contributed by atoms with van der Waals surface area (Å²) in [4.78, 5) is 16.3. The number of carbonyl (C=O) groups excluding carboxylic acids is 1. The number of nitrogens with zero attached hydrogens (tertiary/aromatic N) is 1. The first-order chi connectivity index (χ1) is 15.5. The third kappa shape index (κ3) is 4.89. The summed E-state index contributed by atoms with van der Waals surface area (Å²) in [6.45, 7) is 2.24. The highest BCUT2D eigenvalue weighted by Crippen LogP contribution is 2.35. The average Bonchev–Trinajstić information content (AvgIpc) is 3.23. The second-order valence-electron chi connectivity index (χ2n) is 7.21. The van der Waals surface area contributed by atoms with Gasteiger partial charge in [-0.25, -0.2) is 9.78 Å². The van der Waals surface area contributed by atoms with E-state index in [0.717, 1.165) is 18.4 Å². The molecular formula is C24H22ClNO6. The maximum atomic E-state index is 12.2. The fourth-order valence-electron chi connectivity index (χ4n) is 3.20. The molecule has 2 aromatic carbocycles. The van der Waals surface area contributed by atoms with Crippen LogP contribution in [0.2, 0.25) is 5.15 Å². The van der Waals surface area contributed by atoms with E-state index < -0.39 is 12.3 Å². The highest BCUT2D eigenvalue weighted by atomic mass is 35.5. The summed E-state index contributed by atoms with van der Waals surface area (Å²) in [7, 11) is 0. The number of halogens is 1. The molecule has 1 N–H and O–H groups in total. The summed E-state index contributed by atoms with van der Waals surface area (Å²) in [6, 6.07) is 14.6. The van der Waals surface area contributed by atoms with Gasteiger partial charge in [-0.15, -0.1) is 0 Å². The number of aromatic hydroxyl groups is 1. The predicted molar refractivity (Wildman–Crippen MR) is 118 cm³/mol. The third-order valence-corrected chi connectivity index (χ3v) is 5.14. The van der Waals surface area contributed by atoms with Crippen molar-refractivity contribution < 1.29 is 28.8 Å². The van der Waals surface area contributed by atoms with Crippen molar-refractivity contribution in [2.75, 3.05) is 6.61 Å². The molecule has 3 aromatic rings. The van der Waals surface area contributed by atoms with Crippen molar-refractivity contribution in [1.29, 1.82) is 0 Å². The molecule has 0 fully saturated rings. The Morgan fingerprint density at radius 1 is 1.19 bits per heavy atom. The van der Waals surface area contributed by atoms with Crippen LogP contribution >= 0.6 is 11.6 Å². The van der Waals surface area contributed by atoms with E-state index in [2.05, 4.69) is 4.98 Å². The van der Waals surface area contributed by atoms with Crippen LogP contribution in [0.15, 0.2) is 60.7 Å². The van der Waals surface area contributed by atoms with Gasteiger partial charge in [0, 0.05) is 17.2 Å². The number of carbonyl (C=O) groups is 1. The van der Waals surface area contributed by atoms with E-state index in [4.69, 9.17) is 30.5 Å². The molecule has 1 aromatic heterocycles. The van der Waals surface area contributed by atoms with Crippen LogP contribution in [-0.4, -0.2) is 29.0 Å². The van der Waals surface area contributed by atoms with Crippen LogP contribution in [0.1, 0.15) is 35.8 Å². The third-order valence-electron chi connectivity index (χ3n) is 4.85. The zero-order valence-corrected chi connectivity index (χ0v) is 18.2. The lowest BCUT2D eigenvalue weighted by Crippen LogP contribution is -2.13. The fraction of sp³-hybridized carbons (Fsp3) is 0.250. The Labute approximate surface area is 190 Å². The van der Waals surface area contributed by atoms with Crippen LogP contribution in [0.5, 0.6) is 11.5 Å². The van der Waals surface area contributed by atoms with E-state index in [0.29, 0.717) is 22.9 Å². The van der Waals surface area contributed by atoms with E-state index >= 15 is 0 Å². The smallest absolute Gasteiger partial charge is 0.360 e.